The molecular weight excluding hydrogens is 256 g/mol. The van der Waals surface area contributed by atoms with E-state index >= 15 is 0 Å². The standard InChI is InChI=1S/C11H13ClN4S/c1-11(2,10-14-3-4-17-10)16-9-6-7(13)5-8(12)15-9/h3-6H,1-2H3,(H3,13,15,16). The van der Waals surface area contributed by atoms with E-state index in [4.69, 9.17) is 17.3 Å². The highest BCUT2D eigenvalue weighted by atomic mass is 35.5. The van der Waals surface area contributed by atoms with Crippen molar-refractivity contribution in [3.8, 4) is 0 Å². The van der Waals surface area contributed by atoms with E-state index in [1.54, 1.807) is 29.7 Å². The molecule has 2 rings (SSSR count). The first-order valence-electron chi connectivity index (χ1n) is 5.08. The number of aromatic nitrogens is 2. The molecule has 0 aliphatic rings. The van der Waals surface area contributed by atoms with E-state index in [0.29, 0.717) is 16.7 Å². The summed E-state index contributed by atoms with van der Waals surface area (Å²) >= 11 is 7.45. The Kier molecular flexibility index (Phi) is 3.22. The number of rotatable bonds is 3. The van der Waals surface area contributed by atoms with E-state index in [1.807, 2.05) is 19.2 Å². The Hall–Kier alpha value is -1.33. The van der Waals surface area contributed by atoms with Crippen LogP contribution in [0.15, 0.2) is 23.7 Å². The average molecular weight is 269 g/mol. The van der Waals surface area contributed by atoms with Gasteiger partial charge in [-0.05, 0) is 19.9 Å². The minimum absolute atomic E-state index is 0.307. The van der Waals surface area contributed by atoms with Crippen LogP contribution in [0.1, 0.15) is 18.9 Å². The molecule has 17 heavy (non-hydrogen) atoms. The highest BCUT2D eigenvalue weighted by Crippen LogP contribution is 2.27. The minimum atomic E-state index is -0.307. The molecule has 2 aromatic heterocycles. The Bertz CT molecular complexity index is 490. The van der Waals surface area contributed by atoms with Gasteiger partial charge in [0.2, 0.25) is 0 Å². The predicted octanol–water partition coefficient (Wildman–Crippen LogP) is 3.12. The summed E-state index contributed by atoms with van der Waals surface area (Å²) in [5.41, 5.74) is 6.00. The molecule has 4 nitrogen and oxygen atoms in total. The minimum Gasteiger partial charge on any atom is -0.399 e. The molecule has 0 saturated heterocycles. The monoisotopic (exact) mass is 268 g/mol. The maximum Gasteiger partial charge on any atom is 0.133 e. The van der Waals surface area contributed by atoms with Gasteiger partial charge in [0.15, 0.2) is 0 Å². The number of nitrogens with two attached hydrogens (primary N) is 1. The summed E-state index contributed by atoms with van der Waals surface area (Å²) in [6.07, 6.45) is 1.78. The zero-order chi connectivity index (χ0) is 12.5. The molecule has 0 aromatic carbocycles. The lowest BCUT2D eigenvalue weighted by atomic mass is 10.1. The van der Waals surface area contributed by atoms with Gasteiger partial charge in [0, 0.05) is 23.3 Å². The molecule has 0 saturated carbocycles. The maximum absolute atomic E-state index is 5.86. The topological polar surface area (TPSA) is 63.8 Å². The largest absolute Gasteiger partial charge is 0.399 e. The number of nitrogens with one attached hydrogen (secondary N) is 1. The van der Waals surface area contributed by atoms with Gasteiger partial charge in [0.1, 0.15) is 16.0 Å². The number of pyridine rings is 1. The summed E-state index contributed by atoms with van der Waals surface area (Å²) in [5.74, 6) is 0.648. The van der Waals surface area contributed by atoms with Gasteiger partial charge < -0.3 is 11.1 Å². The van der Waals surface area contributed by atoms with Gasteiger partial charge in [-0.15, -0.1) is 11.3 Å². The van der Waals surface area contributed by atoms with Crippen molar-refractivity contribution in [1.29, 1.82) is 0 Å². The number of anilines is 2. The van der Waals surface area contributed by atoms with Gasteiger partial charge in [-0.3, -0.25) is 0 Å². The zero-order valence-electron chi connectivity index (χ0n) is 9.57. The van der Waals surface area contributed by atoms with E-state index in [0.717, 1.165) is 5.01 Å². The Morgan fingerprint density at radius 1 is 1.41 bits per heavy atom. The number of hydrogen-bond acceptors (Lipinski definition) is 5. The Morgan fingerprint density at radius 3 is 2.76 bits per heavy atom. The molecule has 6 heteroatoms. The fraction of sp³-hybridized carbons (Fsp3) is 0.273. The Labute approximate surface area is 109 Å². The van der Waals surface area contributed by atoms with Crippen LogP contribution >= 0.6 is 22.9 Å². The van der Waals surface area contributed by atoms with Gasteiger partial charge in [-0.2, -0.15) is 0 Å². The first-order valence-corrected chi connectivity index (χ1v) is 6.34. The molecule has 0 bridgehead atoms. The second-order valence-electron chi connectivity index (χ2n) is 4.20. The highest BCUT2D eigenvalue weighted by molar-refractivity contribution is 7.09. The van der Waals surface area contributed by atoms with Crippen molar-refractivity contribution in [2.24, 2.45) is 0 Å². The number of nitrogen functional groups attached to an aromatic ring is 1. The van der Waals surface area contributed by atoms with Crippen molar-refractivity contribution in [2.75, 3.05) is 11.1 Å². The molecule has 0 radical (unpaired) electrons. The number of hydrogen-bond donors (Lipinski definition) is 2. The third kappa shape index (κ3) is 2.87. The first-order chi connectivity index (χ1) is 7.97. The van der Waals surface area contributed by atoms with Crippen LogP contribution in [0.2, 0.25) is 5.15 Å². The molecule has 2 aromatic rings. The third-order valence-electron chi connectivity index (χ3n) is 2.22. The SMILES string of the molecule is CC(C)(Nc1cc(N)cc(Cl)n1)c1nccs1. The number of nitrogens with zero attached hydrogens (tertiary/aromatic N) is 2. The molecule has 90 valence electrons. The van der Waals surface area contributed by atoms with Crippen molar-refractivity contribution in [2.45, 2.75) is 19.4 Å². The van der Waals surface area contributed by atoms with E-state index in [2.05, 4.69) is 15.3 Å². The number of thiazole rings is 1. The molecular formula is C11H13ClN4S. The Morgan fingerprint density at radius 2 is 2.18 bits per heavy atom. The molecule has 2 heterocycles. The predicted molar refractivity (Wildman–Crippen MR) is 72.4 cm³/mol. The summed E-state index contributed by atoms with van der Waals surface area (Å²) in [7, 11) is 0. The van der Waals surface area contributed by atoms with E-state index < -0.39 is 0 Å². The maximum atomic E-state index is 5.86. The lowest BCUT2D eigenvalue weighted by Crippen LogP contribution is -2.28. The van der Waals surface area contributed by atoms with Crippen LogP contribution in [0, 0.1) is 0 Å². The Balaban J connectivity index is 2.26. The zero-order valence-corrected chi connectivity index (χ0v) is 11.1. The van der Waals surface area contributed by atoms with Crippen LogP contribution < -0.4 is 11.1 Å². The normalized spacial score (nSPS) is 11.5. The molecule has 0 spiro atoms. The summed E-state index contributed by atoms with van der Waals surface area (Å²) < 4.78 is 0. The fourth-order valence-corrected chi connectivity index (χ4v) is 2.42. The van der Waals surface area contributed by atoms with Gasteiger partial charge in [-0.1, -0.05) is 11.6 Å². The van der Waals surface area contributed by atoms with Crippen molar-refractivity contribution in [1.82, 2.24) is 9.97 Å². The second-order valence-corrected chi connectivity index (χ2v) is 5.48. The molecule has 0 amide bonds. The summed E-state index contributed by atoms with van der Waals surface area (Å²) in [6.45, 7) is 4.06. The van der Waals surface area contributed by atoms with Crippen molar-refractivity contribution < 1.29 is 0 Å². The van der Waals surface area contributed by atoms with Crippen LogP contribution in [-0.4, -0.2) is 9.97 Å². The van der Waals surface area contributed by atoms with E-state index in [9.17, 15) is 0 Å². The molecule has 0 aliphatic carbocycles. The average Bonchev–Trinajstić information content (AvgIpc) is 2.67. The van der Waals surface area contributed by atoms with Gasteiger partial charge >= 0.3 is 0 Å². The van der Waals surface area contributed by atoms with Gasteiger partial charge in [0.25, 0.3) is 0 Å². The lowest BCUT2D eigenvalue weighted by molar-refractivity contribution is 0.601. The number of halogens is 1. The smallest absolute Gasteiger partial charge is 0.133 e. The summed E-state index contributed by atoms with van der Waals surface area (Å²) in [4.78, 5) is 8.47. The van der Waals surface area contributed by atoms with Crippen LogP contribution in [0.4, 0.5) is 11.5 Å². The molecule has 3 N–H and O–H groups in total. The van der Waals surface area contributed by atoms with Crippen molar-refractivity contribution >= 4 is 34.4 Å². The lowest BCUT2D eigenvalue weighted by Gasteiger charge is -2.24. The fourth-order valence-electron chi connectivity index (χ4n) is 1.49. The van der Waals surface area contributed by atoms with Crippen molar-refractivity contribution in [3.05, 3.63) is 33.9 Å². The molecule has 0 fully saturated rings. The van der Waals surface area contributed by atoms with Crippen LogP contribution in [0.5, 0.6) is 0 Å². The first kappa shape index (κ1) is 12.1. The quantitative estimate of drug-likeness (QED) is 0.840. The second kappa shape index (κ2) is 4.50. The summed E-state index contributed by atoms with van der Waals surface area (Å²) in [5, 5.41) is 6.58. The molecule has 0 unspecified atom stereocenters. The van der Waals surface area contributed by atoms with E-state index in [-0.39, 0.29) is 5.54 Å². The van der Waals surface area contributed by atoms with Crippen LogP contribution in [0.3, 0.4) is 0 Å². The van der Waals surface area contributed by atoms with Crippen LogP contribution in [-0.2, 0) is 5.54 Å². The molecule has 0 aliphatic heterocycles. The third-order valence-corrected chi connectivity index (χ3v) is 3.51. The van der Waals surface area contributed by atoms with Crippen molar-refractivity contribution in [3.63, 3.8) is 0 Å². The van der Waals surface area contributed by atoms with Gasteiger partial charge in [0.05, 0.1) is 5.54 Å². The van der Waals surface area contributed by atoms with E-state index in [1.165, 1.54) is 0 Å². The van der Waals surface area contributed by atoms with Crippen LogP contribution in [0.25, 0.3) is 0 Å². The summed E-state index contributed by atoms with van der Waals surface area (Å²) in [6, 6.07) is 3.37. The molecule has 0 atom stereocenters. The van der Waals surface area contributed by atoms with Gasteiger partial charge in [-0.25, -0.2) is 9.97 Å². The highest BCUT2D eigenvalue weighted by Gasteiger charge is 2.23.